The molecule has 112 valence electrons. The summed E-state index contributed by atoms with van der Waals surface area (Å²) in [6, 6.07) is 4.58. The van der Waals surface area contributed by atoms with Gasteiger partial charge in [0, 0.05) is 24.2 Å². The summed E-state index contributed by atoms with van der Waals surface area (Å²) in [5, 5.41) is 9.29. The number of aliphatic hydroxyl groups is 1. The van der Waals surface area contributed by atoms with Gasteiger partial charge in [0.2, 0.25) is 0 Å². The highest BCUT2D eigenvalue weighted by Gasteiger charge is 2.25. The molecule has 0 spiro atoms. The fourth-order valence-electron chi connectivity index (χ4n) is 2.90. The monoisotopic (exact) mass is 282 g/mol. The number of nitrogens with zero attached hydrogens (tertiary/aromatic N) is 1. The van der Waals surface area contributed by atoms with Gasteiger partial charge in [-0.05, 0) is 37.9 Å². The van der Waals surface area contributed by atoms with E-state index in [9.17, 15) is 9.50 Å². The van der Waals surface area contributed by atoms with E-state index in [1.165, 1.54) is 13.2 Å². The SMILES string of the molecule is COc1cccc(F)c1C(N)CCN1CCCC1CO. The van der Waals surface area contributed by atoms with Gasteiger partial charge in [0.15, 0.2) is 0 Å². The lowest BCUT2D eigenvalue weighted by atomic mass is 10.0. The Balaban J connectivity index is 2.00. The maximum absolute atomic E-state index is 13.9. The number of hydrogen-bond acceptors (Lipinski definition) is 4. The third-order valence-electron chi connectivity index (χ3n) is 4.04. The van der Waals surface area contributed by atoms with Crippen molar-refractivity contribution in [1.82, 2.24) is 4.90 Å². The molecule has 0 aliphatic carbocycles. The average molecular weight is 282 g/mol. The minimum Gasteiger partial charge on any atom is -0.496 e. The first-order chi connectivity index (χ1) is 9.67. The van der Waals surface area contributed by atoms with E-state index < -0.39 is 6.04 Å². The van der Waals surface area contributed by atoms with Crippen molar-refractivity contribution in [2.75, 3.05) is 26.8 Å². The Bertz CT molecular complexity index is 442. The van der Waals surface area contributed by atoms with E-state index in [0.717, 1.165) is 25.9 Å². The van der Waals surface area contributed by atoms with Crippen LogP contribution in [0.5, 0.6) is 5.75 Å². The van der Waals surface area contributed by atoms with Crippen molar-refractivity contribution in [3.8, 4) is 5.75 Å². The summed E-state index contributed by atoms with van der Waals surface area (Å²) in [5.41, 5.74) is 6.57. The van der Waals surface area contributed by atoms with Crippen LogP contribution in [0.15, 0.2) is 18.2 Å². The number of methoxy groups -OCH3 is 1. The minimum atomic E-state index is -0.397. The van der Waals surface area contributed by atoms with Gasteiger partial charge in [0.1, 0.15) is 11.6 Å². The zero-order valence-electron chi connectivity index (χ0n) is 11.9. The minimum absolute atomic E-state index is 0.179. The van der Waals surface area contributed by atoms with Crippen LogP contribution in [0.25, 0.3) is 0 Å². The molecule has 2 atom stereocenters. The number of nitrogens with two attached hydrogens (primary N) is 1. The number of halogens is 1. The summed E-state index contributed by atoms with van der Waals surface area (Å²) >= 11 is 0. The molecular weight excluding hydrogens is 259 g/mol. The number of benzene rings is 1. The number of hydrogen-bond donors (Lipinski definition) is 2. The molecule has 1 heterocycles. The normalized spacial score (nSPS) is 21.1. The highest BCUT2D eigenvalue weighted by atomic mass is 19.1. The Morgan fingerprint density at radius 3 is 3.05 bits per heavy atom. The van der Waals surface area contributed by atoms with E-state index in [-0.39, 0.29) is 18.5 Å². The lowest BCUT2D eigenvalue weighted by Gasteiger charge is -2.25. The van der Waals surface area contributed by atoms with Crippen LogP contribution in [0.4, 0.5) is 4.39 Å². The van der Waals surface area contributed by atoms with E-state index in [4.69, 9.17) is 10.5 Å². The lowest BCUT2D eigenvalue weighted by Crippen LogP contribution is -2.34. The van der Waals surface area contributed by atoms with Gasteiger partial charge >= 0.3 is 0 Å². The Hall–Kier alpha value is -1.17. The zero-order valence-corrected chi connectivity index (χ0v) is 11.9. The van der Waals surface area contributed by atoms with Gasteiger partial charge < -0.3 is 15.6 Å². The average Bonchev–Trinajstić information content (AvgIpc) is 2.91. The van der Waals surface area contributed by atoms with E-state index >= 15 is 0 Å². The number of likely N-dealkylation sites (tertiary alicyclic amines) is 1. The molecule has 0 amide bonds. The summed E-state index contributed by atoms with van der Waals surface area (Å²) in [6.45, 7) is 1.93. The Labute approximate surface area is 119 Å². The molecule has 1 aromatic rings. The molecule has 1 fully saturated rings. The maximum atomic E-state index is 13.9. The first kappa shape index (κ1) is 15.2. The van der Waals surface area contributed by atoms with E-state index in [1.807, 2.05) is 0 Å². The Morgan fingerprint density at radius 1 is 1.55 bits per heavy atom. The van der Waals surface area contributed by atoms with Crippen molar-refractivity contribution in [2.24, 2.45) is 5.73 Å². The smallest absolute Gasteiger partial charge is 0.131 e. The van der Waals surface area contributed by atoms with Crippen LogP contribution >= 0.6 is 0 Å². The van der Waals surface area contributed by atoms with Crippen molar-refractivity contribution < 1.29 is 14.2 Å². The number of rotatable bonds is 6. The molecule has 1 aromatic carbocycles. The topological polar surface area (TPSA) is 58.7 Å². The van der Waals surface area contributed by atoms with Crippen molar-refractivity contribution in [3.05, 3.63) is 29.6 Å². The molecule has 0 saturated carbocycles. The molecule has 5 heteroatoms. The molecule has 20 heavy (non-hydrogen) atoms. The predicted octanol–water partition coefficient (Wildman–Crippen LogP) is 1.68. The van der Waals surface area contributed by atoms with Crippen LogP contribution in [0.1, 0.15) is 30.9 Å². The van der Waals surface area contributed by atoms with Gasteiger partial charge in [0.25, 0.3) is 0 Å². The van der Waals surface area contributed by atoms with Crippen LogP contribution in [0.2, 0.25) is 0 Å². The number of aliphatic hydroxyl groups excluding tert-OH is 1. The van der Waals surface area contributed by atoms with Crippen LogP contribution < -0.4 is 10.5 Å². The Morgan fingerprint density at radius 2 is 2.35 bits per heavy atom. The van der Waals surface area contributed by atoms with E-state index in [2.05, 4.69) is 4.90 Å². The van der Waals surface area contributed by atoms with Crippen LogP contribution in [0, 0.1) is 5.82 Å². The van der Waals surface area contributed by atoms with E-state index in [0.29, 0.717) is 17.7 Å². The van der Waals surface area contributed by atoms with Crippen LogP contribution in [-0.4, -0.2) is 42.9 Å². The molecule has 2 unspecified atom stereocenters. The highest BCUT2D eigenvalue weighted by Crippen LogP contribution is 2.29. The van der Waals surface area contributed by atoms with Gasteiger partial charge in [-0.3, -0.25) is 4.90 Å². The molecule has 3 N–H and O–H groups in total. The molecule has 1 aliphatic rings. The second-order valence-corrected chi connectivity index (χ2v) is 5.27. The fraction of sp³-hybridized carbons (Fsp3) is 0.600. The first-order valence-electron chi connectivity index (χ1n) is 7.10. The summed E-state index contributed by atoms with van der Waals surface area (Å²) < 4.78 is 19.1. The molecule has 1 saturated heterocycles. The third-order valence-corrected chi connectivity index (χ3v) is 4.04. The van der Waals surface area contributed by atoms with Crippen molar-refractivity contribution >= 4 is 0 Å². The predicted molar refractivity (Wildman–Crippen MR) is 76.2 cm³/mol. The van der Waals surface area contributed by atoms with E-state index in [1.54, 1.807) is 12.1 Å². The first-order valence-corrected chi connectivity index (χ1v) is 7.10. The van der Waals surface area contributed by atoms with Crippen molar-refractivity contribution in [1.29, 1.82) is 0 Å². The maximum Gasteiger partial charge on any atom is 0.131 e. The summed E-state index contributed by atoms with van der Waals surface area (Å²) in [4.78, 5) is 2.23. The van der Waals surface area contributed by atoms with Gasteiger partial charge in [-0.2, -0.15) is 0 Å². The zero-order chi connectivity index (χ0) is 14.5. The molecule has 0 bridgehead atoms. The molecule has 2 rings (SSSR count). The quantitative estimate of drug-likeness (QED) is 0.833. The van der Waals surface area contributed by atoms with Gasteiger partial charge in [-0.1, -0.05) is 6.07 Å². The standard InChI is InChI=1S/C15H23FN2O2/c1-20-14-6-2-5-12(16)15(14)13(17)7-9-18-8-3-4-11(18)10-19/h2,5-6,11,13,19H,3-4,7-10,17H2,1H3. The summed E-state index contributed by atoms with van der Waals surface area (Å²) in [5.74, 6) is 0.176. The largest absolute Gasteiger partial charge is 0.496 e. The highest BCUT2D eigenvalue weighted by molar-refractivity contribution is 5.37. The van der Waals surface area contributed by atoms with Crippen LogP contribution in [-0.2, 0) is 0 Å². The van der Waals surface area contributed by atoms with Gasteiger partial charge in [0.05, 0.1) is 13.7 Å². The second kappa shape index (κ2) is 7.02. The molecule has 4 nitrogen and oxygen atoms in total. The molecule has 1 aliphatic heterocycles. The fourth-order valence-corrected chi connectivity index (χ4v) is 2.90. The Kier molecular flexibility index (Phi) is 5.34. The van der Waals surface area contributed by atoms with Crippen LogP contribution in [0.3, 0.4) is 0 Å². The second-order valence-electron chi connectivity index (χ2n) is 5.27. The molecular formula is C15H23FN2O2. The number of ether oxygens (including phenoxy) is 1. The third kappa shape index (κ3) is 3.29. The van der Waals surface area contributed by atoms with Crippen molar-refractivity contribution in [2.45, 2.75) is 31.3 Å². The lowest BCUT2D eigenvalue weighted by molar-refractivity contribution is 0.155. The van der Waals surface area contributed by atoms with Crippen molar-refractivity contribution in [3.63, 3.8) is 0 Å². The van der Waals surface area contributed by atoms with Gasteiger partial charge in [-0.15, -0.1) is 0 Å². The van der Waals surface area contributed by atoms with Gasteiger partial charge in [-0.25, -0.2) is 4.39 Å². The molecule has 0 aromatic heterocycles. The summed E-state index contributed by atoms with van der Waals surface area (Å²) in [6.07, 6.45) is 2.77. The summed E-state index contributed by atoms with van der Waals surface area (Å²) in [7, 11) is 1.52. The molecule has 0 radical (unpaired) electrons.